The van der Waals surface area contributed by atoms with Gasteiger partial charge in [0.25, 0.3) is 5.91 Å². The first-order chi connectivity index (χ1) is 14.9. The van der Waals surface area contributed by atoms with E-state index in [4.69, 9.17) is 9.47 Å². The van der Waals surface area contributed by atoms with Gasteiger partial charge in [0.15, 0.2) is 22.8 Å². The molecule has 0 bridgehead atoms. The first-order valence-corrected chi connectivity index (χ1v) is 10.5. The molecule has 1 saturated heterocycles. The Morgan fingerprint density at radius 3 is 2.58 bits per heavy atom. The number of phenolic OH excluding ortho intramolecular Hbond substituents is 1. The van der Waals surface area contributed by atoms with Crippen LogP contribution in [0, 0.1) is 0 Å². The average molecular weight is 442 g/mol. The van der Waals surface area contributed by atoms with Gasteiger partial charge in [0.1, 0.15) is 5.75 Å². The van der Waals surface area contributed by atoms with Crippen LogP contribution in [-0.2, 0) is 9.59 Å². The van der Waals surface area contributed by atoms with Gasteiger partial charge in [0, 0.05) is 0 Å². The second kappa shape index (κ2) is 10.0. The maximum Gasteiger partial charge on any atom is 0.344 e. The molecule has 8 nitrogen and oxygen atoms in total. The lowest BCUT2D eigenvalue weighted by atomic mass is 10.1. The van der Waals surface area contributed by atoms with E-state index in [1.807, 2.05) is 6.92 Å². The van der Waals surface area contributed by atoms with Gasteiger partial charge in [-0.2, -0.15) is 0 Å². The molecule has 2 aromatic carbocycles. The fourth-order valence-electron chi connectivity index (χ4n) is 2.72. The van der Waals surface area contributed by atoms with Crippen LogP contribution in [0.2, 0.25) is 0 Å². The summed E-state index contributed by atoms with van der Waals surface area (Å²) < 4.78 is 11.2. The first-order valence-electron chi connectivity index (χ1n) is 9.64. The van der Waals surface area contributed by atoms with E-state index < -0.39 is 12.1 Å². The molecular weight excluding hydrogens is 420 g/mol. The maximum atomic E-state index is 12.3. The van der Waals surface area contributed by atoms with E-state index in [0.29, 0.717) is 45.9 Å². The number of aromatic hydroxyl groups is 1. The number of hydrogen-bond donors (Lipinski definition) is 3. The van der Waals surface area contributed by atoms with E-state index in [1.165, 1.54) is 23.9 Å². The minimum atomic E-state index is -1.05. The molecule has 9 heteroatoms. The van der Waals surface area contributed by atoms with E-state index in [1.54, 1.807) is 43.3 Å². The molecule has 1 unspecified atom stereocenters. The van der Waals surface area contributed by atoms with Crippen LogP contribution in [0.4, 0.5) is 5.69 Å². The minimum Gasteiger partial charge on any atom is -0.508 e. The summed E-state index contributed by atoms with van der Waals surface area (Å²) in [6, 6.07) is 11.4. The van der Waals surface area contributed by atoms with Gasteiger partial charge >= 0.3 is 5.97 Å². The summed E-state index contributed by atoms with van der Waals surface area (Å²) >= 11 is 1.19. The molecule has 1 heterocycles. The van der Waals surface area contributed by atoms with Crippen LogP contribution in [0.25, 0.3) is 6.08 Å². The molecule has 0 aromatic heterocycles. The Hall–Kier alpha value is -3.46. The quantitative estimate of drug-likeness (QED) is 0.530. The first kappa shape index (κ1) is 22.2. The number of benzene rings is 2. The Morgan fingerprint density at radius 2 is 1.94 bits per heavy atom. The summed E-state index contributed by atoms with van der Waals surface area (Å²) in [5, 5.41) is 21.7. The zero-order valence-electron chi connectivity index (χ0n) is 17.0. The van der Waals surface area contributed by atoms with Crippen molar-refractivity contribution in [1.82, 2.24) is 5.32 Å². The molecule has 2 aromatic rings. The summed E-state index contributed by atoms with van der Waals surface area (Å²) in [5.74, 6) is -0.457. The summed E-state index contributed by atoms with van der Waals surface area (Å²) in [6.45, 7) is 3.92. The molecule has 162 valence electrons. The Morgan fingerprint density at radius 1 is 1.19 bits per heavy atom. The number of amidine groups is 1. The lowest BCUT2D eigenvalue weighted by Gasteiger charge is -2.16. The maximum absolute atomic E-state index is 12.3. The van der Waals surface area contributed by atoms with Crippen molar-refractivity contribution in [2.75, 3.05) is 6.61 Å². The Balaban J connectivity index is 1.82. The molecule has 1 fully saturated rings. The van der Waals surface area contributed by atoms with Crippen molar-refractivity contribution in [3.8, 4) is 17.2 Å². The summed E-state index contributed by atoms with van der Waals surface area (Å²) in [4.78, 5) is 28.4. The number of thioether (sulfide) groups is 1. The number of carboxylic acids is 1. The third-order valence-corrected chi connectivity index (χ3v) is 5.12. The molecule has 1 atom stereocenters. The van der Waals surface area contributed by atoms with Gasteiger partial charge in [-0.3, -0.25) is 4.79 Å². The zero-order chi connectivity index (χ0) is 22.4. The van der Waals surface area contributed by atoms with Crippen LogP contribution in [0.15, 0.2) is 52.4 Å². The van der Waals surface area contributed by atoms with Gasteiger partial charge < -0.3 is 25.0 Å². The van der Waals surface area contributed by atoms with Crippen molar-refractivity contribution >= 4 is 40.6 Å². The SMILES string of the molecule is CCOc1cc(/C=C2/SC(=Nc3ccc(O)cc3)NC2=O)ccc1OC(CC)C(=O)O. The molecule has 0 spiro atoms. The Kier molecular flexibility index (Phi) is 7.19. The number of carboxylic acid groups (broad SMARTS) is 1. The van der Waals surface area contributed by atoms with Crippen molar-refractivity contribution in [3.63, 3.8) is 0 Å². The largest absolute Gasteiger partial charge is 0.508 e. The van der Waals surface area contributed by atoms with Gasteiger partial charge in [-0.1, -0.05) is 13.0 Å². The highest BCUT2D eigenvalue weighted by Crippen LogP contribution is 2.33. The van der Waals surface area contributed by atoms with E-state index in [0.717, 1.165) is 0 Å². The predicted octanol–water partition coefficient (Wildman–Crippen LogP) is 3.92. The fourth-order valence-corrected chi connectivity index (χ4v) is 3.56. The summed E-state index contributed by atoms with van der Waals surface area (Å²) in [7, 11) is 0. The van der Waals surface area contributed by atoms with Crippen molar-refractivity contribution in [2.45, 2.75) is 26.4 Å². The number of carbonyl (C=O) groups is 2. The number of hydrogen-bond acceptors (Lipinski definition) is 7. The smallest absolute Gasteiger partial charge is 0.344 e. The highest BCUT2D eigenvalue weighted by molar-refractivity contribution is 8.18. The number of nitrogens with zero attached hydrogens (tertiary/aromatic N) is 1. The van der Waals surface area contributed by atoms with Gasteiger partial charge in [0.2, 0.25) is 0 Å². The highest BCUT2D eigenvalue weighted by Gasteiger charge is 2.24. The van der Waals surface area contributed by atoms with Crippen LogP contribution >= 0.6 is 11.8 Å². The van der Waals surface area contributed by atoms with Gasteiger partial charge in [-0.15, -0.1) is 0 Å². The van der Waals surface area contributed by atoms with Gasteiger partial charge in [0.05, 0.1) is 17.2 Å². The van der Waals surface area contributed by atoms with Gasteiger partial charge in [-0.05, 0) is 73.1 Å². The fraction of sp³-hybridized carbons (Fsp3) is 0.227. The molecule has 3 rings (SSSR count). The molecule has 1 amide bonds. The van der Waals surface area contributed by atoms with Gasteiger partial charge in [-0.25, -0.2) is 9.79 Å². The topological polar surface area (TPSA) is 117 Å². The molecule has 1 aliphatic heterocycles. The third-order valence-electron chi connectivity index (χ3n) is 4.21. The van der Waals surface area contributed by atoms with Crippen molar-refractivity contribution in [1.29, 1.82) is 0 Å². The normalized spacial score (nSPS) is 16.9. The summed E-state index contributed by atoms with van der Waals surface area (Å²) in [6.07, 6.45) is 1.03. The average Bonchev–Trinajstić information content (AvgIpc) is 3.07. The summed E-state index contributed by atoms with van der Waals surface area (Å²) in [5.41, 5.74) is 1.30. The number of ether oxygens (including phenoxy) is 2. The second-order valence-electron chi connectivity index (χ2n) is 6.49. The minimum absolute atomic E-state index is 0.138. The number of amides is 1. The zero-order valence-corrected chi connectivity index (χ0v) is 17.8. The predicted molar refractivity (Wildman–Crippen MR) is 119 cm³/mol. The van der Waals surface area contributed by atoms with E-state index in [9.17, 15) is 19.8 Å². The Bertz CT molecular complexity index is 1030. The molecular formula is C22H22N2O6S. The molecule has 1 aliphatic rings. The highest BCUT2D eigenvalue weighted by atomic mass is 32.2. The molecule has 0 radical (unpaired) electrons. The Labute approximate surface area is 183 Å². The third kappa shape index (κ3) is 5.79. The van der Waals surface area contributed by atoms with E-state index in [2.05, 4.69) is 10.3 Å². The molecule has 3 N–H and O–H groups in total. The number of aliphatic carboxylic acids is 1. The van der Waals surface area contributed by atoms with E-state index in [-0.39, 0.29) is 11.7 Å². The van der Waals surface area contributed by atoms with Crippen LogP contribution in [0.1, 0.15) is 25.8 Å². The lowest BCUT2D eigenvalue weighted by Crippen LogP contribution is -2.26. The number of rotatable bonds is 8. The monoisotopic (exact) mass is 442 g/mol. The lowest BCUT2D eigenvalue weighted by molar-refractivity contribution is -0.145. The van der Waals surface area contributed by atoms with E-state index >= 15 is 0 Å². The second-order valence-corrected chi connectivity index (χ2v) is 7.52. The van der Waals surface area contributed by atoms with Crippen LogP contribution < -0.4 is 14.8 Å². The van der Waals surface area contributed by atoms with Crippen LogP contribution in [0.3, 0.4) is 0 Å². The van der Waals surface area contributed by atoms with Crippen molar-refractivity contribution in [2.24, 2.45) is 4.99 Å². The van der Waals surface area contributed by atoms with Crippen molar-refractivity contribution in [3.05, 3.63) is 52.9 Å². The number of carbonyl (C=O) groups excluding carboxylic acids is 1. The standard InChI is InChI=1S/C22H22N2O6S/c1-3-16(21(27)28)30-17-10-5-13(11-18(17)29-4-2)12-19-20(26)24-22(31-19)23-14-6-8-15(25)9-7-14/h5-12,16,25H,3-4H2,1-2H3,(H,27,28)(H,23,24,26)/b19-12+. The molecule has 0 saturated carbocycles. The van der Waals surface area contributed by atoms with Crippen LogP contribution in [-0.4, -0.2) is 40.0 Å². The molecule has 31 heavy (non-hydrogen) atoms. The number of nitrogens with one attached hydrogen (secondary N) is 1. The van der Waals surface area contributed by atoms with Crippen LogP contribution in [0.5, 0.6) is 17.2 Å². The van der Waals surface area contributed by atoms with Crippen molar-refractivity contribution < 1.29 is 29.3 Å². The molecule has 0 aliphatic carbocycles. The number of phenols is 1. The number of aliphatic imine (C=N–C) groups is 1.